The first kappa shape index (κ1) is 26.2. The molecule has 0 aliphatic carbocycles. The van der Waals surface area contributed by atoms with E-state index in [0.717, 1.165) is 11.8 Å². The maximum atomic E-state index is 13.3. The van der Waals surface area contributed by atoms with Crippen molar-refractivity contribution in [2.75, 3.05) is 45.6 Å². The minimum absolute atomic E-state index is 0.0326. The van der Waals surface area contributed by atoms with Crippen LogP contribution in [0.3, 0.4) is 0 Å². The normalized spacial score (nSPS) is 21.5. The van der Waals surface area contributed by atoms with Gasteiger partial charge in [0, 0.05) is 38.4 Å². The molecular weight excluding hydrogens is 505 g/mol. The Morgan fingerprint density at radius 1 is 1.17 bits per heavy atom. The highest BCUT2D eigenvalue weighted by Crippen LogP contribution is 2.38. The monoisotopic (exact) mass is 532 g/mol. The lowest BCUT2D eigenvalue weighted by molar-refractivity contribution is -0.274. The zero-order chi connectivity index (χ0) is 26.1. The van der Waals surface area contributed by atoms with Crippen molar-refractivity contribution in [3.63, 3.8) is 0 Å². The summed E-state index contributed by atoms with van der Waals surface area (Å²) in [5, 5.41) is 3.78. The number of sulfone groups is 1. The van der Waals surface area contributed by atoms with Crippen LogP contribution in [-0.4, -0.2) is 86.4 Å². The van der Waals surface area contributed by atoms with E-state index < -0.39 is 16.2 Å². The maximum absolute atomic E-state index is 13.3. The Morgan fingerprint density at radius 3 is 2.50 bits per heavy atom. The predicted octanol–water partition coefficient (Wildman–Crippen LogP) is 2.85. The van der Waals surface area contributed by atoms with Gasteiger partial charge in [0.25, 0.3) is 0 Å². The smallest absolute Gasteiger partial charge is 0.406 e. The van der Waals surface area contributed by atoms with E-state index in [4.69, 9.17) is 9.26 Å². The molecule has 10 nitrogen and oxygen atoms in total. The summed E-state index contributed by atoms with van der Waals surface area (Å²) in [6.07, 6.45) is -3.26. The van der Waals surface area contributed by atoms with E-state index in [2.05, 4.69) is 14.9 Å². The predicted molar refractivity (Wildman–Crippen MR) is 120 cm³/mol. The Labute approximate surface area is 206 Å². The number of hydrogen-bond donors (Lipinski definition) is 0. The second kappa shape index (κ2) is 10.2. The van der Waals surface area contributed by atoms with Gasteiger partial charge in [-0.05, 0) is 30.5 Å². The van der Waals surface area contributed by atoms with Crippen molar-refractivity contribution < 1.29 is 40.4 Å². The number of piperidine rings is 1. The molecule has 0 spiro atoms. The Hall–Kier alpha value is -2.87. The van der Waals surface area contributed by atoms with Crippen LogP contribution in [0, 0.1) is 6.92 Å². The molecule has 2 saturated heterocycles. The highest BCUT2D eigenvalue weighted by atomic mass is 32.2. The zero-order valence-corrected chi connectivity index (χ0v) is 20.6. The summed E-state index contributed by atoms with van der Waals surface area (Å²) in [6, 6.07) is 4.26. The molecule has 2 atom stereocenters. The molecule has 0 bridgehead atoms. The number of rotatable bonds is 5. The molecule has 2 amide bonds. The molecule has 0 saturated carbocycles. The van der Waals surface area contributed by atoms with Crippen molar-refractivity contribution in [2.24, 2.45) is 0 Å². The number of likely N-dealkylation sites (tertiary alicyclic amines) is 1. The number of hydrogen-bond acceptors (Lipinski definition) is 8. The molecule has 2 fully saturated rings. The summed E-state index contributed by atoms with van der Waals surface area (Å²) >= 11 is 0. The van der Waals surface area contributed by atoms with E-state index in [1.807, 2.05) is 0 Å². The summed E-state index contributed by atoms with van der Waals surface area (Å²) in [4.78, 5) is 20.9. The van der Waals surface area contributed by atoms with Gasteiger partial charge in [-0.2, -0.15) is 4.98 Å². The lowest BCUT2D eigenvalue weighted by Crippen LogP contribution is -2.52. The highest BCUT2D eigenvalue weighted by Gasteiger charge is 2.37. The number of halogens is 3. The van der Waals surface area contributed by atoms with Gasteiger partial charge < -0.3 is 23.8 Å². The Morgan fingerprint density at radius 2 is 1.86 bits per heavy atom. The van der Waals surface area contributed by atoms with Crippen LogP contribution in [0.1, 0.15) is 41.1 Å². The van der Waals surface area contributed by atoms with E-state index in [-0.39, 0.29) is 47.6 Å². The number of carbonyl (C=O) groups excluding carboxylic acids is 1. The average Bonchev–Trinajstić information content (AvgIpc) is 3.26. The molecule has 36 heavy (non-hydrogen) atoms. The molecule has 2 aliphatic rings. The van der Waals surface area contributed by atoms with Crippen molar-refractivity contribution >= 4 is 15.9 Å². The van der Waals surface area contributed by atoms with Crippen molar-refractivity contribution in [1.29, 1.82) is 0 Å². The zero-order valence-electron chi connectivity index (χ0n) is 19.8. The SMILES string of the molecule is Cc1cc(C2CC(c3nc(CS(C)(=O)=O)no3)CN(C(=O)N3CCOCC3)C2)ccc1OC(F)(F)F. The van der Waals surface area contributed by atoms with Crippen LogP contribution >= 0.6 is 0 Å². The summed E-state index contributed by atoms with van der Waals surface area (Å²) in [7, 11) is -3.37. The number of morpholine rings is 1. The second-order valence-corrected chi connectivity index (χ2v) is 11.2. The summed E-state index contributed by atoms with van der Waals surface area (Å²) in [5.74, 6) is -1.04. The van der Waals surface area contributed by atoms with Gasteiger partial charge in [0.15, 0.2) is 15.7 Å². The maximum Gasteiger partial charge on any atom is 0.573 e. The number of urea groups is 1. The average molecular weight is 533 g/mol. The fourth-order valence-electron chi connectivity index (χ4n) is 4.52. The molecule has 198 valence electrons. The number of carbonyl (C=O) groups is 1. The van der Waals surface area contributed by atoms with Gasteiger partial charge in [-0.25, -0.2) is 13.2 Å². The van der Waals surface area contributed by atoms with Crippen LogP contribution < -0.4 is 4.74 Å². The van der Waals surface area contributed by atoms with Crippen LogP contribution in [0.25, 0.3) is 0 Å². The second-order valence-electron chi connectivity index (χ2n) is 9.11. The Balaban J connectivity index is 1.60. The van der Waals surface area contributed by atoms with Gasteiger partial charge in [-0.15, -0.1) is 13.2 Å². The number of nitrogens with zero attached hydrogens (tertiary/aromatic N) is 4. The van der Waals surface area contributed by atoms with Gasteiger partial charge in [0.2, 0.25) is 5.89 Å². The van der Waals surface area contributed by atoms with E-state index >= 15 is 0 Å². The van der Waals surface area contributed by atoms with Crippen molar-refractivity contribution in [3.05, 3.63) is 41.0 Å². The van der Waals surface area contributed by atoms with E-state index in [0.29, 0.717) is 44.8 Å². The third kappa shape index (κ3) is 6.66. The number of amides is 2. The lowest BCUT2D eigenvalue weighted by atomic mass is 9.84. The quantitative estimate of drug-likeness (QED) is 0.578. The summed E-state index contributed by atoms with van der Waals surface area (Å²) in [6.45, 7) is 3.92. The number of aryl methyl sites for hydroxylation is 1. The fraction of sp³-hybridized carbons (Fsp3) is 0.591. The third-order valence-corrected chi connectivity index (χ3v) is 6.91. The van der Waals surface area contributed by atoms with Crippen LogP contribution in [-0.2, 0) is 20.3 Å². The standard InChI is InChI=1S/C22H27F3N4O6S/c1-14-9-15(3-4-18(14)34-22(23,24)25)16-10-17(20-26-19(27-35-20)13-36(2,31)32)12-29(11-16)21(30)28-5-7-33-8-6-28/h3-4,9,16-17H,5-8,10-13H2,1-2H3. The van der Waals surface area contributed by atoms with Crippen molar-refractivity contribution in [3.8, 4) is 5.75 Å². The summed E-state index contributed by atoms with van der Waals surface area (Å²) < 4.78 is 76.1. The number of alkyl halides is 3. The fourth-order valence-corrected chi connectivity index (χ4v) is 5.11. The molecule has 2 aromatic rings. The number of ether oxygens (including phenoxy) is 2. The van der Waals surface area contributed by atoms with E-state index in [1.54, 1.807) is 21.9 Å². The minimum Gasteiger partial charge on any atom is -0.406 e. The molecule has 0 N–H and O–H groups in total. The minimum atomic E-state index is -4.80. The molecule has 4 rings (SSSR count). The van der Waals surface area contributed by atoms with Crippen molar-refractivity contribution in [2.45, 2.75) is 37.3 Å². The first-order valence-corrected chi connectivity index (χ1v) is 13.4. The van der Waals surface area contributed by atoms with Crippen LogP contribution in [0.4, 0.5) is 18.0 Å². The van der Waals surface area contributed by atoms with E-state index in [1.165, 1.54) is 13.0 Å². The first-order chi connectivity index (χ1) is 16.9. The van der Waals surface area contributed by atoms with Gasteiger partial charge in [-0.1, -0.05) is 17.3 Å². The van der Waals surface area contributed by atoms with Crippen LogP contribution in [0.15, 0.2) is 22.7 Å². The Kier molecular flexibility index (Phi) is 7.46. The molecule has 2 aliphatic heterocycles. The number of aromatic nitrogens is 2. The van der Waals surface area contributed by atoms with Crippen molar-refractivity contribution in [1.82, 2.24) is 19.9 Å². The number of benzene rings is 1. The molecule has 1 aromatic heterocycles. The van der Waals surface area contributed by atoms with E-state index in [9.17, 15) is 26.4 Å². The van der Waals surface area contributed by atoms with Gasteiger partial charge in [-0.3, -0.25) is 0 Å². The summed E-state index contributed by atoms with van der Waals surface area (Å²) in [5.41, 5.74) is 1.05. The largest absolute Gasteiger partial charge is 0.573 e. The molecule has 3 heterocycles. The molecule has 2 unspecified atom stereocenters. The molecular formula is C22H27F3N4O6S. The molecule has 1 aromatic carbocycles. The van der Waals surface area contributed by atoms with Gasteiger partial charge >= 0.3 is 12.4 Å². The van der Waals surface area contributed by atoms with Crippen LogP contribution in [0.2, 0.25) is 0 Å². The highest BCUT2D eigenvalue weighted by molar-refractivity contribution is 7.89. The van der Waals surface area contributed by atoms with Gasteiger partial charge in [0.05, 0.1) is 19.1 Å². The Bertz CT molecular complexity index is 1200. The third-order valence-electron chi connectivity index (χ3n) is 6.12. The molecule has 14 heteroatoms. The first-order valence-electron chi connectivity index (χ1n) is 11.4. The molecule has 0 radical (unpaired) electrons. The lowest BCUT2D eigenvalue weighted by Gasteiger charge is -2.40. The van der Waals surface area contributed by atoms with Crippen LogP contribution in [0.5, 0.6) is 5.75 Å². The topological polar surface area (TPSA) is 115 Å². The van der Waals surface area contributed by atoms with Gasteiger partial charge in [0.1, 0.15) is 11.5 Å².